The van der Waals surface area contributed by atoms with E-state index in [0.717, 1.165) is 12.8 Å². The maximum absolute atomic E-state index is 12.6. The van der Waals surface area contributed by atoms with Crippen LogP contribution in [-0.4, -0.2) is 36.5 Å². The fourth-order valence-corrected chi connectivity index (χ4v) is 3.30. The molecule has 0 spiro atoms. The van der Waals surface area contributed by atoms with E-state index in [1.165, 1.54) is 0 Å². The van der Waals surface area contributed by atoms with Crippen LogP contribution in [0, 0.1) is 5.92 Å². The minimum atomic E-state index is -0.228. The topological polar surface area (TPSA) is 46.6 Å². The molecule has 0 saturated carbocycles. The summed E-state index contributed by atoms with van der Waals surface area (Å²) in [5, 5.41) is 0.571. The molecule has 1 aromatic rings. The van der Waals surface area contributed by atoms with Gasteiger partial charge in [-0.1, -0.05) is 11.6 Å². The number of hydrogen-bond donors (Lipinski definition) is 0. The molecule has 4 nitrogen and oxygen atoms in total. The van der Waals surface area contributed by atoms with Crippen LogP contribution in [0.1, 0.15) is 30.1 Å². The van der Waals surface area contributed by atoms with Gasteiger partial charge in [0.2, 0.25) is 0 Å². The van der Waals surface area contributed by atoms with Crippen LogP contribution < -0.4 is 0 Å². The smallest absolute Gasteiger partial charge is 0.310 e. The van der Waals surface area contributed by atoms with Crippen molar-refractivity contribution in [2.75, 3.05) is 19.7 Å². The lowest BCUT2D eigenvalue weighted by Gasteiger charge is -2.31. The molecule has 0 radical (unpaired) electrons. The molecule has 0 bridgehead atoms. The summed E-state index contributed by atoms with van der Waals surface area (Å²) >= 11 is 9.25. The summed E-state index contributed by atoms with van der Waals surface area (Å²) in [5.41, 5.74) is 0.559. The average Bonchev–Trinajstić information content (AvgIpc) is 2.47. The Morgan fingerprint density at radius 2 is 2.24 bits per heavy atom. The normalized spacial score (nSPS) is 18.4. The molecule has 21 heavy (non-hydrogen) atoms. The number of nitrogens with zero attached hydrogens (tertiary/aromatic N) is 1. The van der Waals surface area contributed by atoms with Crippen molar-refractivity contribution in [1.82, 2.24) is 4.90 Å². The molecule has 0 N–H and O–H groups in total. The van der Waals surface area contributed by atoms with E-state index in [1.54, 1.807) is 30.0 Å². The van der Waals surface area contributed by atoms with Gasteiger partial charge < -0.3 is 9.64 Å². The first-order valence-corrected chi connectivity index (χ1v) is 8.11. The van der Waals surface area contributed by atoms with Gasteiger partial charge in [0.15, 0.2) is 0 Å². The number of benzene rings is 1. The minimum Gasteiger partial charge on any atom is -0.466 e. The van der Waals surface area contributed by atoms with Gasteiger partial charge in [0.25, 0.3) is 5.91 Å². The minimum absolute atomic E-state index is 0.0902. The number of likely N-dealkylation sites (tertiary alicyclic amines) is 1. The Hall–Kier alpha value is -1.07. The highest BCUT2D eigenvalue weighted by Gasteiger charge is 2.30. The molecular weight excluding hydrogens is 358 g/mol. The second kappa shape index (κ2) is 7.27. The Labute approximate surface area is 137 Å². The second-order valence-corrected chi connectivity index (χ2v) is 6.26. The van der Waals surface area contributed by atoms with Crippen LogP contribution in [0.15, 0.2) is 22.7 Å². The molecule has 1 aromatic carbocycles. The third-order valence-electron chi connectivity index (χ3n) is 3.49. The van der Waals surface area contributed by atoms with Gasteiger partial charge in [-0.3, -0.25) is 9.59 Å². The van der Waals surface area contributed by atoms with Crippen LogP contribution in [0.2, 0.25) is 5.02 Å². The molecule has 6 heteroatoms. The van der Waals surface area contributed by atoms with Crippen LogP contribution >= 0.6 is 27.5 Å². The lowest BCUT2D eigenvalue weighted by atomic mass is 9.97. The maximum Gasteiger partial charge on any atom is 0.310 e. The van der Waals surface area contributed by atoms with Gasteiger partial charge in [-0.2, -0.15) is 0 Å². The molecule has 1 aliphatic rings. The largest absolute Gasteiger partial charge is 0.466 e. The fourth-order valence-electron chi connectivity index (χ4n) is 2.45. The summed E-state index contributed by atoms with van der Waals surface area (Å²) in [5.74, 6) is -0.536. The van der Waals surface area contributed by atoms with E-state index in [0.29, 0.717) is 34.8 Å². The van der Waals surface area contributed by atoms with Crippen LogP contribution in [-0.2, 0) is 9.53 Å². The summed E-state index contributed by atoms with van der Waals surface area (Å²) in [6.07, 6.45) is 1.57. The van der Waals surface area contributed by atoms with Crippen molar-refractivity contribution in [2.24, 2.45) is 5.92 Å². The van der Waals surface area contributed by atoms with Crippen LogP contribution in [0.3, 0.4) is 0 Å². The molecule has 1 atom stereocenters. The first-order valence-electron chi connectivity index (χ1n) is 6.94. The second-order valence-electron chi connectivity index (χ2n) is 4.97. The van der Waals surface area contributed by atoms with E-state index >= 15 is 0 Å². The number of amides is 1. The quantitative estimate of drug-likeness (QED) is 0.761. The van der Waals surface area contributed by atoms with Crippen molar-refractivity contribution in [1.29, 1.82) is 0 Å². The molecule has 1 fully saturated rings. The molecule has 1 saturated heterocycles. The molecule has 114 valence electrons. The zero-order chi connectivity index (χ0) is 15.4. The van der Waals surface area contributed by atoms with E-state index < -0.39 is 0 Å². The number of rotatable bonds is 3. The molecular formula is C15H17BrClNO3. The van der Waals surface area contributed by atoms with Gasteiger partial charge >= 0.3 is 5.97 Å². The highest BCUT2D eigenvalue weighted by Crippen LogP contribution is 2.25. The zero-order valence-electron chi connectivity index (χ0n) is 11.8. The Kier molecular flexibility index (Phi) is 5.65. The Bertz CT molecular complexity index is 550. The van der Waals surface area contributed by atoms with Gasteiger partial charge in [0, 0.05) is 22.6 Å². The van der Waals surface area contributed by atoms with Gasteiger partial charge in [-0.15, -0.1) is 0 Å². The Morgan fingerprint density at radius 1 is 1.48 bits per heavy atom. The Morgan fingerprint density at radius 3 is 2.90 bits per heavy atom. The molecule has 1 aliphatic heterocycles. The van der Waals surface area contributed by atoms with Crippen molar-refractivity contribution >= 4 is 39.4 Å². The predicted molar refractivity (Wildman–Crippen MR) is 84.4 cm³/mol. The number of carbonyl (C=O) groups is 2. The first kappa shape index (κ1) is 16.3. The summed E-state index contributed by atoms with van der Waals surface area (Å²) < 4.78 is 5.72. The highest BCUT2D eigenvalue weighted by atomic mass is 79.9. The molecule has 0 unspecified atom stereocenters. The zero-order valence-corrected chi connectivity index (χ0v) is 14.1. The first-order chi connectivity index (χ1) is 10.0. The molecule has 2 rings (SSSR count). The molecule has 1 heterocycles. The van der Waals surface area contributed by atoms with Crippen LogP contribution in [0.25, 0.3) is 0 Å². The summed E-state index contributed by atoms with van der Waals surface area (Å²) in [6, 6.07) is 5.08. The molecule has 0 aliphatic carbocycles. The lowest BCUT2D eigenvalue weighted by molar-refractivity contribution is -0.149. The monoisotopic (exact) mass is 373 g/mol. The van der Waals surface area contributed by atoms with E-state index in [9.17, 15) is 9.59 Å². The van der Waals surface area contributed by atoms with E-state index in [2.05, 4.69) is 15.9 Å². The van der Waals surface area contributed by atoms with E-state index in [-0.39, 0.29) is 17.8 Å². The van der Waals surface area contributed by atoms with Crippen molar-refractivity contribution in [3.8, 4) is 0 Å². The van der Waals surface area contributed by atoms with Crippen LogP contribution in [0.5, 0.6) is 0 Å². The number of halogens is 2. The average molecular weight is 375 g/mol. The van der Waals surface area contributed by atoms with Crippen molar-refractivity contribution in [3.05, 3.63) is 33.3 Å². The van der Waals surface area contributed by atoms with Gasteiger partial charge in [0.05, 0.1) is 18.1 Å². The number of piperidine rings is 1. The standard InChI is InChI=1S/C15H17BrClNO3/c1-2-21-15(20)10-4-3-7-18(9-10)14(19)12-6-5-11(17)8-13(12)16/h5-6,8,10H,2-4,7,9H2,1H3/t10-/m1/s1. The maximum atomic E-state index is 12.6. The fraction of sp³-hybridized carbons (Fsp3) is 0.467. The van der Waals surface area contributed by atoms with Crippen molar-refractivity contribution < 1.29 is 14.3 Å². The summed E-state index contributed by atoms with van der Waals surface area (Å²) in [6.45, 7) is 3.22. The predicted octanol–water partition coefficient (Wildman–Crippen LogP) is 3.52. The highest BCUT2D eigenvalue weighted by molar-refractivity contribution is 9.10. The van der Waals surface area contributed by atoms with Crippen molar-refractivity contribution in [3.63, 3.8) is 0 Å². The third-order valence-corrected chi connectivity index (χ3v) is 4.38. The number of ether oxygens (including phenoxy) is 1. The van der Waals surface area contributed by atoms with E-state index in [4.69, 9.17) is 16.3 Å². The molecule has 1 amide bonds. The van der Waals surface area contributed by atoms with Crippen molar-refractivity contribution in [2.45, 2.75) is 19.8 Å². The van der Waals surface area contributed by atoms with Crippen LogP contribution in [0.4, 0.5) is 0 Å². The van der Waals surface area contributed by atoms with E-state index in [1.807, 2.05) is 0 Å². The number of esters is 1. The summed E-state index contributed by atoms with van der Waals surface area (Å²) in [4.78, 5) is 26.1. The number of hydrogen-bond acceptors (Lipinski definition) is 3. The van der Waals surface area contributed by atoms with Gasteiger partial charge in [-0.05, 0) is 53.9 Å². The lowest BCUT2D eigenvalue weighted by Crippen LogP contribution is -2.42. The SMILES string of the molecule is CCOC(=O)[C@@H]1CCCN(C(=O)c2ccc(Cl)cc2Br)C1. The summed E-state index contributed by atoms with van der Waals surface area (Å²) in [7, 11) is 0. The molecule has 0 aromatic heterocycles. The van der Waals surface area contributed by atoms with Gasteiger partial charge in [-0.25, -0.2) is 0 Å². The third kappa shape index (κ3) is 3.98. The van der Waals surface area contributed by atoms with Gasteiger partial charge in [0.1, 0.15) is 0 Å². The Balaban J connectivity index is 2.10. The number of carbonyl (C=O) groups excluding carboxylic acids is 2.